The van der Waals surface area contributed by atoms with Crippen LogP contribution in [0.5, 0.6) is 0 Å². The van der Waals surface area contributed by atoms with E-state index in [1.807, 2.05) is 54.6 Å². The molecule has 5 nitrogen and oxygen atoms in total. The van der Waals surface area contributed by atoms with Gasteiger partial charge in [0.2, 0.25) is 5.91 Å². The average Bonchev–Trinajstić information content (AvgIpc) is 2.93. The van der Waals surface area contributed by atoms with Gasteiger partial charge in [-0.15, -0.1) is 11.3 Å². The third-order valence-electron chi connectivity index (χ3n) is 3.74. The van der Waals surface area contributed by atoms with Crippen molar-refractivity contribution >= 4 is 23.3 Å². The van der Waals surface area contributed by atoms with E-state index in [0.717, 1.165) is 5.56 Å². The molecule has 0 aliphatic heterocycles. The number of urea groups is 1. The maximum absolute atomic E-state index is 12.7. The van der Waals surface area contributed by atoms with Crippen LogP contribution in [0.3, 0.4) is 0 Å². The van der Waals surface area contributed by atoms with Gasteiger partial charge in [0.25, 0.3) is 0 Å². The van der Waals surface area contributed by atoms with E-state index in [1.54, 1.807) is 11.3 Å². The summed E-state index contributed by atoms with van der Waals surface area (Å²) in [6.45, 7) is 4.99. The molecule has 2 N–H and O–H groups in total. The van der Waals surface area contributed by atoms with Crippen molar-refractivity contribution in [3.63, 3.8) is 0 Å². The lowest BCUT2D eigenvalue weighted by Crippen LogP contribution is -2.45. The van der Waals surface area contributed by atoms with Crippen LogP contribution >= 0.6 is 11.3 Å². The number of hydrogen-bond acceptors (Lipinski definition) is 4. The number of aryl methyl sites for hydroxylation is 1. The van der Waals surface area contributed by atoms with Gasteiger partial charge >= 0.3 is 6.03 Å². The predicted molar refractivity (Wildman–Crippen MR) is 96.9 cm³/mol. The summed E-state index contributed by atoms with van der Waals surface area (Å²) in [4.78, 5) is 27.6. The second kappa shape index (κ2) is 8.61. The molecule has 0 aliphatic rings. The Bertz CT molecular complexity index is 685. The van der Waals surface area contributed by atoms with Crippen LogP contribution in [0.25, 0.3) is 0 Å². The van der Waals surface area contributed by atoms with Crippen molar-refractivity contribution in [1.29, 1.82) is 0 Å². The van der Waals surface area contributed by atoms with Gasteiger partial charge in [0.15, 0.2) is 0 Å². The van der Waals surface area contributed by atoms with E-state index in [1.165, 1.54) is 10.4 Å². The molecule has 0 unspecified atom stereocenters. The van der Waals surface area contributed by atoms with E-state index in [2.05, 4.69) is 23.6 Å². The number of imide groups is 1. The van der Waals surface area contributed by atoms with Crippen molar-refractivity contribution in [2.24, 2.45) is 0 Å². The number of likely N-dealkylation sites (N-methyl/N-ethyl adjacent to an activating group) is 1. The maximum Gasteiger partial charge on any atom is 0.321 e. The predicted octanol–water partition coefficient (Wildman–Crippen LogP) is 3.08. The van der Waals surface area contributed by atoms with Gasteiger partial charge in [-0.25, -0.2) is 4.79 Å². The first-order valence-corrected chi connectivity index (χ1v) is 8.77. The highest BCUT2D eigenvalue weighted by molar-refractivity contribution is 7.10. The highest BCUT2D eigenvalue weighted by Crippen LogP contribution is 2.24. The van der Waals surface area contributed by atoms with E-state index in [0.29, 0.717) is 13.1 Å². The number of rotatable bonds is 6. The summed E-state index contributed by atoms with van der Waals surface area (Å²) in [6, 6.07) is 10.6. The van der Waals surface area contributed by atoms with Gasteiger partial charge in [-0.3, -0.25) is 15.0 Å². The van der Waals surface area contributed by atoms with Gasteiger partial charge in [0.1, 0.15) is 6.04 Å². The first kappa shape index (κ1) is 18.2. The fourth-order valence-corrected chi connectivity index (χ4v) is 3.48. The van der Waals surface area contributed by atoms with Crippen LogP contribution in [0.2, 0.25) is 0 Å². The van der Waals surface area contributed by atoms with E-state index >= 15 is 0 Å². The Morgan fingerprint density at radius 3 is 2.50 bits per heavy atom. The van der Waals surface area contributed by atoms with Crippen LogP contribution in [0.15, 0.2) is 41.8 Å². The first-order valence-electron chi connectivity index (χ1n) is 7.89. The summed E-state index contributed by atoms with van der Waals surface area (Å²) < 4.78 is 0. The van der Waals surface area contributed by atoms with Gasteiger partial charge in [-0.2, -0.15) is 0 Å². The molecule has 0 saturated carbocycles. The van der Waals surface area contributed by atoms with E-state index in [9.17, 15) is 9.59 Å². The molecule has 24 heavy (non-hydrogen) atoms. The Labute approximate surface area is 146 Å². The van der Waals surface area contributed by atoms with Crippen LogP contribution in [0.1, 0.15) is 29.0 Å². The quantitative estimate of drug-likeness (QED) is 0.846. The van der Waals surface area contributed by atoms with Crippen LogP contribution in [-0.4, -0.2) is 30.4 Å². The minimum absolute atomic E-state index is 0.330. The van der Waals surface area contributed by atoms with E-state index in [4.69, 9.17) is 0 Å². The molecule has 3 amide bonds. The minimum Gasteiger partial charge on any atom is -0.338 e. The maximum atomic E-state index is 12.7. The smallest absolute Gasteiger partial charge is 0.321 e. The number of thiophene rings is 1. The van der Waals surface area contributed by atoms with Crippen molar-refractivity contribution < 1.29 is 9.59 Å². The molecular weight excluding hydrogens is 322 g/mol. The second-order valence-corrected chi connectivity index (χ2v) is 6.60. The number of nitrogens with zero attached hydrogens (tertiary/aromatic N) is 1. The molecule has 128 valence electrons. The molecule has 6 heteroatoms. The minimum atomic E-state index is -0.532. The second-order valence-electron chi connectivity index (χ2n) is 5.60. The number of hydrogen-bond donors (Lipinski definition) is 2. The summed E-state index contributed by atoms with van der Waals surface area (Å²) in [5.41, 5.74) is 2.07. The molecule has 2 rings (SSSR count). The van der Waals surface area contributed by atoms with Gasteiger partial charge < -0.3 is 5.32 Å². The van der Waals surface area contributed by atoms with Crippen molar-refractivity contribution in [3.05, 3.63) is 57.8 Å². The molecule has 1 aromatic carbocycles. The van der Waals surface area contributed by atoms with Crippen molar-refractivity contribution in [3.8, 4) is 0 Å². The lowest BCUT2D eigenvalue weighted by atomic mass is 10.0. The van der Waals surface area contributed by atoms with Crippen LogP contribution in [-0.2, 0) is 11.3 Å². The van der Waals surface area contributed by atoms with Gasteiger partial charge in [0, 0.05) is 18.0 Å². The third kappa shape index (κ3) is 4.66. The Morgan fingerprint density at radius 1 is 1.21 bits per heavy atom. The summed E-state index contributed by atoms with van der Waals surface area (Å²) in [6.07, 6.45) is 0. The fourth-order valence-electron chi connectivity index (χ4n) is 2.51. The highest BCUT2D eigenvalue weighted by Gasteiger charge is 2.27. The average molecular weight is 345 g/mol. The van der Waals surface area contributed by atoms with Gasteiger partial charge in [-0.1, -0.05) is 30.3 Å². The molecule has 0 aliphatic carbocycles. The van der Waals surface area contributed by atoms with Crippen LogP contribution in [0, 0.1) is 6.92 Å². The first-order chi connectivity index (χ1) is 11.5. The topological polar surface area (TPSA) is 61.4 Å². The number of benzene rings is 1. The van der Waals surface area contributed by atoms with E-state index in [-0.39, 0.29) is 5.91 Å². The number of carbonyl (C=O) groups excluding carboxylic acids is 2. The molecular formula is C18H23N3O2S. The Morgan fingerprint density at radius 2 is 1.92 bits per heavy atom. The Kier molecular flexibility index (Phi) is 6.52. The van der Waals surface area contributed by atoms with Crippen molar-refractivity contribution in [1.82, 2.24) is 15.5 Å². The molecule has 0 spiro atoms. The molecule has 0 fully saturated rings. The molecule has 2 aromatic rings. The molecule has 0 saturated heterocycles. The highest BCUT2D eigenvalue weighted by atomic mass is 32.1. The monoisotopic (exact) mass is 345 g/mol. The number of amides is 3. The molecule has 1 heterocycles. The summed E-state index contributed by atoms with van der Waals surface area (Å²) in [5, 5.41) is 7.06. The van der Waals surface area contributed by atoms with Crippen LogP contribution < -0.4 is 10.6 Å². The standard InChI is InChI=1S/C18H23N3O2S/c1-4-19-18(23)20-17(22)16(14-8-6-5-7-9-14)21(3)12-15-13(2)10-11-24-15/h5-11,16H,4,12H2,1-3H3,(H2,19,20,22,23)/t16-/m1/s1. The largest absolute Gasteiger partial charge is 0.338 e. The zero-order valence-corrected chi connectivity index (χ0v) is 15.0. The molecule has 0 bridgehead atoms. The summed E-state index contributed by atoms with van der Waals surface area (Å²) >= 11 is 1.67. The number of nitrogens with one attached hydrogen (secondary N) is 2. The van der Waals surface area contributed by atoms with E-state index < -0.39 is 12.1 Å². The van der Waals surface area contributed by atoms with Gasteiger partial charge in [-0.05, 0) is 43.5 Å². The summed E-state index contributed by atoms with van der Waals surface area (Å²) in [7, 11) is 1.90. The zero-order valence-electron chi connectivity index (χ0n) is 14.2. The van der Waals surface area contributed by atoms with Gasteiger partial charge in [0.05, 0.1) is 0 Å². The Hall–Kier alpha value is -2.18. The molecule has 1 aromatic heterocycles. The van der Waals surface area contributed by atoms with Crippen molar-refractivity contribution in [2.75, 3.05) is 13.6 Å². The molecule has 1 atom stereocenters. The normalized spacial score (nSPS) is 12.0. The number of carbonyl (C=O) groups is 2. The fraction of sp³-hybridized carbons (Fsp3) is 0.333. The Balaban J connectivity index is 2.21. The molecule has 0 radical (unpaired) electrons. The SMILES string of the molecule is CCNC(=O)NC(=O)[C@@H](c1ccccc1)N(C)Cc1sccc1C. The van der Waals surface area contributed by atoms with Crippen LogP contribution in [0.4, 0.5) is 4.79 Å². The lowest BCUT2D eigenvalue weighted by Gasteiger charge is -2.27. The van der Waals surface area contributed by atoms with Crippen molar-refractivity contribution in [2.45, 2.75) is 26.4 Å². The zero-order chi connectivity index (χ0) is 17.5. The summed E-state index contributed by atoms with van der Waals surface area (Å²) in [5.74, 6) is -0.330. The third-order valence-corrected chi connectivity index (χ3v) is 4.75. The lowest BCUT2D eigenvalue weighted by molar-refractivity contribution is -0.125.